The lowest BCUT2D eigenvalue weighted by molar-refractivity contribution is 0.414. The third kappa shape index (κ3) is 2.38. The average molecular weight is 245 g/mol. The summed E-state index contributed by atoms with van der Waals surface area (Å²) in [5.74, 6) is 0.822. The van der Waals surface area contributed by atoms with Crippen LogP contribution in [0.15, 0.2) is 30.3 Å². The van der Waals surface area contributed by atoms with Crippen molar-refractivity contribution in [3.8, 4) is 5.75 Å². The lowest BCUT2D eigenvalue weighted by atomic mass is 10.0. The first-order chi connectivity index (χ1) is 8.65. The van der Waals surface area contributed by atoms with Crippen LogP contribution in [0.2, 0.25) is 0 Å². The van der Waals surface area contributed by atoms with Crippen molar-refractivity contribution in [2.24, 2.45) is 5.73 Å². The maximum absolute atomic E-state index is 6.31. The van der Waals surface area contributed by atoms with E-state index in [2.05, 4.69) is 12.0 Å². The number of nitrogens with two attached hydrogens (primary N) is 1. The Morgan fingerprint density at radius 3 is 2.83 bits per heavy atom. The molecule has 2 aromatic rings. The third-order valence-corrected chi connectivity index (χ3v) is 3.00. The number of nitrogens with zero attached hydrogens (tertiary/aromatic N) is 2. The molecule has 0 saturated heterocycles. The fourth-order valence-electron chi connectivity index (χ4n) is 2.07. The van der Waals surface area contributed by atoms with Crippen molar-refractivity contribution in [1.82, 2.24) is 9.78 Å². The van der Waals surface area contributed by atoms with Gasteiger partial charge in [-0.15, -0.1) is 0 Å². The molecule has 0 fully saturated rings. The molecule has 0 spiro atoms. The first-order valence-electron chi connectivity index (χ1n) is 6.09. The number of methoxy groups -OCH3 is 1. The van der Waals surface area contributed by atoms with Crippen molar-refractivity contribution in [3.05, 3.63) is 47.3 Å². The van der Waals surface area contributed by atoms with Gasteiger partial charge in [-0.25, -0.2) is 0 Å². The number of hydrogen-bond acceptors (Lipinski definition) is 3. The number of aryl methyl sites for hydroxylation is 2. The molecule has 0 radical (unpaired) electrons. The summed E-state index contributed by atoms with van der Waals surface area (Å²) >= 11 is 0. The van der Waals surface area contributed by atoms with Crippen molar-refractivity contribution in [3.63, 3.8) is 0 Å². The van der Waals surface area contributed by atoms with Gasteiger partial charge in [0.1, 0.15) is 5.75 Å². The van der Waals surface area contributed by atoms with E-state index in [4.69, 9.17) is 10.5 Å². The highest BCUT2D eigenvalue weighted by molar-refractivity contribution is 5.34. The Balaban J connectivity index is 2.37. The molecule has 0 aliphatic heterocycles. The summed E-state index contributed by atoms with van der Waals surface area (Å²) in [6.45, 7) is 4.86. The fraction of sp³-hybridized carbons (Fsp3) is 0.357. The van der Waals surface area contributed by atoms with Crippen LogP contribution in [0.25, 0.3) is 0 Å². The average Bonchev–Trinajstić information content (AvgIpc) is 2.79. The minimum absolute atomic E-state index is 0.179. The van der Waals surface area contributed by atoms with Gasteiger partial charge in [-0.3, -0.25) is 4.68 Å². The van der Waals surface area contributed by atoms with E-state index in [-0.39, 0.29) is 6.04 Å². The zero-order chi connectivity index (χ0) is 13.1. The van der Waals surface area contributed by atoms with Gasteiger partial charge in [0.25, 0.3) is 0 Å². The van der Waals surface area contributed by atoms with Crippen LogP contribution in [0, 0.1) is 6.92 Å². The molecular formula is C14H19N3O. The van der Waals surface area contributed by atoms with Crippen molar-refractivity contribution in [2.75, 3.05) is 7.11 Å². The van der Waals surface area contributed by atoms with Gasteiger partial charge in [0, 0.05) is 6.54 Å². The van der Waals surface area contributed by atoms with Gasteiger partial charge in [-0.05, 0) is 37.6 Å². The lowest BCUT2D eigenvalue weighted by Gasteiger charge is -2.14. The van der Waals surface area contributed by atoms with E-state index in [1.54, 1.807) is 7.11 Å². The van der Waals surface area contributed by atoms with E-state index >= 15 is 0 Å². The van der Waals surface area contributed by atoms with Crippen LogP contribution in [-0.2, 0) is 6.54 Å². The van der Waals surface area contributed by atoms with Gasteiger partial charge in [0.15, 0.2) is 0 Å². The molecule has 4 heteroatoms. The van der Waals surface area contributed by atoms with Crippen LogP contribution in [-0.4, -0.2) is 16.9 Å². The predicted molar refractivity (Wildman–Crippen MR) is 71.7 cm³/mol. The Hall–Kier alpha value is -1.81. The Labute approximate surface area is 107 Å². The van der Waals surface area contributed by atoms with E-state index in [0.717, 1.165) is 29.2 Å². The fourth-order valence-corrected chi connectivity index (χ4v) is 2.07. The van der Waals surface area contributed by atoms with Crippen molar-refractivity contribution in [1.29, 1.82) is 0 Å². The number of benzene rings is 1. The van der Waals surface area contributed by atoms with Crippen LogP contribution < -0.4 is 10.5 Å². The number of ether oxygens (including phenoxy) is 1. The minimum Gasteiger partial charge on any atom is -0.497 e. The van der Waals surface area contributed by atoms with Gasteiger partial charge < -0.3 is 10.5 Å². The summed E-state index contributed by atoms with van der Waals surface area (Å²) in [6, 6.07) is 9.70. The van der Waals surface area contributed by atoms with Crippen molar-refractivity contribution >= 4 is 0 Å². The molecule has 0 amide bonds. The molecular weight excluding hydrogens is 226 g/mol. The first-order valence-corrected chi connectivity index (χ1v) is 6.09. The molecule has 1 aromatic heterocycles. The SMILES string of the molecule is CCn1nc(C)cc1C(N)c1cccc(OC)c1. The van der Waals surface area contributed by atoms with Crippen LogP contribution in [0.4, 0.5) is 0 Å². The van der Waals surface area contributed by atoms with Gasteiger partial charge in [0.05, 0.1) is 24.5 Å². The van der Waals surface area contributed by atoms with Crippen LogP contribution in [0.5, 0.6) is 5.75 Å². The van der Waals surface area contributed by atoms with Crippen LogP contribution in [0.1, 0.15) is 29.9 Å². The number of hydrogen-bond donors (Lipinski definition) is 1. The molecule has 0 bridgehead atoms. The van der Waals surface area contributed by atoms with Crippen molar-refractivity contribution in [2.45, 2.75) is 26.4 Å². The molecule has 96 valence electrons. The molecule has 1 heterocycles. The normalized spacial score (nSPS) is 12.4. The summed E-state index contributed by atoms with van der Waals surface area (Å²) in [4.78, 5) is 0. The molecule has 4 nitrogen and oxygen atoms in total. The Kier molecular flexibility index (Phi) is 3.67. The largest absolute Gasteiger partial charge is 0.497 e. The first kappa shape index (κ1) is 12.6. The number of rotatable bonds is 4. The monoisotopic (exact) mass is 245 g/mol. The Bertz CT molecular complexity index is 534. The molecule has 0 aliphatic rings. The second-order valence-corrected chi connectivity index (χ2v) is 4.28. The lowest BCUT2D eigenvalue weighted by Crippen LogP contribution is -2.17. The summed E-state index contributed by atoms with van der Waals surface area (Å²) in [5, 5.41) is 4.42. The second-order valence-electron chi connectivity index (χ2n) is 4.28. The van der Waals surface area contributed by atoms with Crippen LogP contribution >= 0.6 is 0 Å². The van der Waals surface area contributed by atoms with E-state index in [1.807, 2.05) is 41.9 Å². The van der Waals surface area contributed by atoms with E-state index in [0.29, 0.717) is 0 Å². The smallest absolute Gasteiger partial charge is 0.119 e. The minimum atomic E-state index is -0.179. The molecule has 1 atom stereocenters. The van der Waals surface area contributed by atoms with Gasteiger partial charge in [-0.2, -0.15) is 5.10 Å². The molecule has 1 unspecified atom stereocenters. The van der Waals surface area contributed by atoms with Gasteiger partial charge in [0.2, 0.25) is 0 Å². The summed E-state index contributed by atoms with van der Waals surface area (Å²) in [5.41, 5.74) is 9.37. The Morgan fingerprint density at radius 2 is 2.17 bits per heavy atom. The third-order valence-electron chi connectivity index (χ3n) is 3.00. The van der Waals surface area contributed by atoms with Gasteiger partial charge in [-0.1, -0.05) is 12.1 Å². The zero-order valence-electron chi connectivity index (χ0n) is 11.1. The second kappa shape index (κ2) is 5.23. The summed E-state index contributed by atoms with van der Waals surface area (Å²) in [7, 11) is 1.66. The van der Waals surface area contributed by atoms with Crippen molar-refractivity contribution < 1.29 is 4.74 Å². The Morgan fingerprint density at radius 1 is 1.39 bits per heavy atom. The highest BCUT2D eigenvalue weighted by Gasteiger charge is 2.15. The molecule has 18 heavy (non-hydrogen) atoms. The summed E-state index contributed by atoms with van der Waals surface area (Å²) < 4.78 is 7.17. The van der Waals surface area contributed by atoms with Crippen LogP contribution in [0.3, 0.4) is 0 Å². The number of aromatic nitrogens is 2. The van der Waals surface area contributed by atoms with Gasteiger partial charge >= 0.3 is 0 Å². The maximum Gasteiger partial charge on any atom is 0.119 e. The zero-order valence-corrected chi connectivity index (χ0v) is 11.1. The molecule has 0 saturated carbocycles. The quantitative estimate of drug-likeness (QED) is 0.899. The molecule has 1 aromatic carbocycles. The molecule has 2 N–H and O–H groups in total. The van der Waals surface area contributed by atoms with E-state index in [1.165, 1.54) is 0 Å². The topological polar surface area (TPSA) is 53.1 Å². The maximum atomic E-state index is 6.31. The van der Waals surface area contributed by atoms with E-state index in [9.17, 15) is 0 Å². The standard InChI is InChI=1S/C14H19N3O/c1-4-17-13(8-10(2)16-17)14(15)11-6-5-7-12(9-11)18-3/h5-9,14H,4,15H2,1-3H3. The highest BCUT2D eigenvalue weighted by atomic mass is 16.5. The predicted octanol–water partition coefficient (Wildman–Crippen LogP) is 2.27. The van der Waals surface area contributed by atoms with E-state index < -0.39 is 0 Å². The molecule has 0 aliphatic carbocycles. The highest BCUT2D eigenvalue weighted by Crippen LogP contribution is 2.23. The summed E-state index contributed by atoms with van der Waals surface area (Å²) in [6.07, 6.45) is 0. The molecule has 2 rings (SSSR count).